The van der Waals surface area contributed by atoms with Gasteiger partial charge in [-0.05, 0) is 44.0 Å². The Morgan fingerprint density at radius 3 is 2.47 bits per heavy atom. The Labute approximate surface area is 178 Å². The third kappa shape index (κ3) is 4.76. The summed E-state index contributed by atoms with van der Waals surface area (Å²) in [6.45, 7) is 4.09. The maximum atomic E-state index is 13.0. The van der Waals surface area contributed by atoms with Crippen molar-refractivity contribution in [1.82, 2.24) is 4.31 Å². The van der Waals surface area contributed by atoms with Crippen molar-refractivity contribution in [2.75, 3.05) is 38.7 Å². The van der Waals surface area contributed by atoms with Gasteiger partial charge < -0.3 is 14.4 Å². The maximum Gasteiger partial charge on any atom is 0.340 e. The van der Waals surface area contributed by atoms with Crippen molar-refractivity contribution in [1.29, 1.82) is 0 Å². The fraction of sp³-hybridized carbons (Fsp3) is 0.409. The van der Waals surface area contributed by atoms with Crippen LogP contribution < -0.4 is 9.64 Å². The highest BCUT2D eigenvalue weighted by atomic mass is 32.2. The Kier molecular flexibility index (Phi) is 6.99. The molecule has 0 aliphatic carbocycles. The Balaban J connectivity index is 1.91. The third-order valence-electron chi connectivity index (χ3n) is 5.04. The molecule has 0 aromatic heterocycles. The van der Waals surface area contributed by atoms with E-state index in [0.717, 1.165) is 35.8 Å². The first kappa shape index (κ1) is 22.1. The second-order valence-corrected chi connectivity index (χ2v) is 9.43. The zero-order chi connectivity index (χ0) is 21.7. The monoisotopic (exact) mass is 432 g/mol. The summed E-state index contributed by atoms with van der Waals surface area (Å²) >= 11 is 0. The van der Waals surface area contributed by atoms with Crippen LogP contribution in [-0.4, -0.2) is 52.5 Å². The minimum absolute atomic E-state index is 0.0408. The summed E-state index contributed by atoms with van der Waals surface area (Å²) in [5.74, 6) is 0.107. The van der Waals surface area contributed by atoms with E-state index in [9.17, 15) is 13.2 Å². The number of nitrogens with zero attached hydrogens (tertiary/aromatic N) is 2. The predicted molar refractivity (Wildman–Crippen MR) is 115 cm³/mol. The fourth-order valence-electron chi connectivity index (χ4n) is 3.42. The Morgan fingerprint density at radius 2 is 1.80 bits per heavy atom. The van der Waals surface area contributed by atoms with Crippen LogP contribution in [0.4, 0.5) is 5.69 Å². The van der Waals surface area contributed by atoms with Crippen LogP contribution in [0.25, 0.3) is 0 Å². The maximum absolute atomic E-state index is 13.0. The lowest BCUT2D eigenvalue weighted by atomic mass is 10.1. The second kappa shape index (κ2) is 9.49. The lowest BCUT2D eigenvalue weighted by Crippen LogP contribution is -2.24. The summed E-state index contributed by atoms with van der Waals surface area (Å²) in [5, 5.41) is 0. The molecule has 1 saturated heterocycles. The number of rotatable bonds is 8. The average molecular weight is 433 g/mol. The molecule has 162 valence electrons. The van der Waals surface area contributed by atoms with Gasteiger partial charge in [0.15, 0.2) is 0 Å². The summed E-state index contributed by atoms with van der Waals surface area (Å²) < 4.78 is 37.4. The highest BCUT2D eigenvalue weighted by Crippen LogP contribution is 2.29. The van der Waals surface area contributed by atoms with Crippen molar-refractivity contribution < 1.29 is 22.7 Å². The molecule has 1 fully saturated rings. The van der Waals surface area contributed by atoms with Gasteiger partial charge in [-0.2, -0.15) is 0 Å². The molecule has 1 heterocycles. The minimum atomic E-state index is -3.67. The van der Waals surface area contributed by atoms with Gasteiger partial charge in [-0.3, -0.25) is 0 Å². The highest BCUT2D eigenvalue weighted by Gasteiger charge is 2.25. The smallest absolute Gasteiger partial charge is 0.340 e. The number of hydrogen-bond acceptors (Lipinski definition) is 6. The number of sulfonamides is 1. The standard InChI is InChI=1S/C22H28N2O5S/c1-4-28-21-10-6-5-9-17(21)16-29-22(25)19-15-18(30(26,27)23(2)3)11-12-20(19)24-13-7-8-14-24/h5-6,9-12,15H,4,7-8,13-14,16H2,1-3H3. The molecule has 2 aromatic rings. The fourth-order valence-corrected chi connectivity index (χ4v) is 4.35. The Hall–Kier alpha value is -2.58. The number of hydrogen-bond donors (Lipinski definition) is 0. The molecule has 0 atom stereocenters. The van der Waals surface area contributed by atoms with Crippen molar-refractivity contribution in [3.8, 4) is 5.75 Å². The summed E-state index contributed by atoms with van der Waals surface area (Å²) in [7, 11) is -0.738. The lowest BCUT2D eigenvalue weighted by Gasteiger charge is -2.22. The number of anilines is 1. The van der Waals surface area contributed by atoms with Gasteiger partial charge in [0.1, 0.15) is 12.4 Å². The van der Waals surface area contributed by atoms with E-state index < -0.39 is 16.0 Å². The van der Waals surface area contributed by atoms with E-state index >= 15 is 0 Å². The summed E-state index contributed by atoms with van der Waals surface area (Å²) in [5.41, 5.74) is 1.72. The topological polar surface area (TPSA) is 76.1 Å². The molecule has 8 heteroatoms. The normalized spacial score (nSPS) is 14.2. The van der Waals surface area contributed by atoms with Gasteiger partial charge in [0.05, 0.1) is 22.8 Å². The SMILES string of the molecule is CCOc1ccccc1COC(=O)c1cc(S(=O)(=O)N(C)C)ccc1N1CCCC1. The van der Waals surface area contributed by atoms with Crippen LogP contribution in [0.3, 0.4) is 0 Å². The van der Waals surface area contributed by atoms with Crippen LogP contribution in [0.2, 0.25) is 0 Å². The molecular weight excluding hydrogens is 404 g/mol. The van der Waals surface area contributed by atoms with Gasteiger partial charge in [0.25, 0.3) is 0 Å². The summed E-state index contributed by atoms with van der Waals surface area (Å²) in [6, 6.07) is 12.0. The second-order valence-electron chi connectivity index (χ2n) is 7.28. The van der Waals surface area contributed by atoms with Gasteiger partial charge in [0.2, 0.25) is 10.0 Å². The van der Waals surface area contributed by atoms with Crippen LogP contribution in [0.15, 0.2) is 47.4 Å². The van der Waals surface area contributed by atoms with Gasteiger partial charge in [-0.15, -0.1) is 0 Å². The van der Waals surface area contributed by atoms with E-state index in [4.69, 9.17) is 9.47 Å². The van der Waals surface area contributed by atoms with Crippen molar-refractivity contribution in [2.45, 2.75) is 31.3 Å². The number of esters is 1. The summed E-state index contributed by atoms with van der Waals surface area (Å²) in [6.07, 6.45) is 2.07. The van der Waals surface area contributed by atoms with Gasteiger partial charge in [-0.25, -0.2) is 17.5 Å². The average Bonchev–Trinajstić information content (AvgIpc) is 3.27. The first-order valence-corrected chi connectivity index (χ1v) is 11.5. The zero-order valence-electron chi connectivity index (χ0n) is 17.6. The van der Waals surface area contributed by atoms with E-state index in [1.165, 1.54) is 20.2 Å². The summed E-state index contributed by atoms with van der Waals surface area (Å²) in [4.78, 5) is 15.2. The molecule has 2 aromatic carbocycles. The zero-order valence-corrected chi connectivity index (χ0v) is 18.4. The van der Waals surface area contributed by atoms with Gasteiger partial charge in [0, 0.05) is 32.7 Å². The molecule has 0 unspecified atom stereocenters. The van der Waals surface area contributed by atoms with Crippen molar-refractivity contribution in [3.05, 3.63) is 53.6 Å². The first-order chi connectivity index (χ1) is 14.3. The molecular formula is C22H28N2O5S. The molecule has 1 aliphatic heterocycles. The Morgan fingerprint density at radius 1 is 1.10 bits per heavy atom. The van der Waals surface area contributed by atoms with E-state index in [1.54, 1.807) is 12.1 Å². The first-order valence-electron chi connectivity index (χ1n) is 10.0. The van der Waals surface area contributed by atoms with Crippen LogP contribution in [0.5, 0.6) is 5.75 Å². The molecule has 0 bridgehead atoms. The molecule has 0 spiro atoms. The quantitative estimate of drug-likeness (QED) is 0.596. The minimum Gasteiger partial charge on any atom is -0.493 e. The van der Waals surface area contributed by atoms with Crippen molar-refractivity contribution in [2.24, 2.45) is 0 Å². The lowest BCUT2D eigenvalue weighted by molar-refractivity contribution is 0.0470. The van der Waals surface area contributed by atoms with Crippen LogP contribution >= 0.6 is 0 Å². The van der Waals surface area contributed by atoms with Crippen LogP contribution in [0, 0.1) is 0 Å². The van der Waals surface area contributed by atoms with Gasteiger partial charge >= 0.3 is 5.97 Å². The molecule has 7 nitrogen and oxygen atoms in total. The largest absolute Gasteiger partial charge is 0.493 e. The number of carbonyl (C=O) groups excluding carboxylic acids is 1. The van der Waals surface area contributed by atoms with Crippen LogP contribution in [-0.2, 0) is 21.4 Å². The Bertz CT molecular complexity index is 998. The molecule has 0 amide bonds. The number of carbonyl (C=O) groups is 1. The number of ether oxygens (including phenoxy) is 2. The van der Waals surface area contributed by atoms with Crippen LogP contribution in [0.1, 0.15) is 35.7 Å². The molecule has 3 rings (SSSR count). The molecule has 0 saturated carbocycles. The van der Waals surface area contributed by atoms with E-state index in [1.807, 2.05) is 31.2 Å². The van der Waals surface area contributed by atoms with E-state index in [-0.39, 0.29) is 17.1 Å². The molecule has 30 heavy (non-hydrogen) atoms. The number of para-hydroxylation sites is 1. The predicted octanol–water partition coefficient (Wildman–Crippen LogP) is 3.29. The third-order valence-corrected chi connectivity index (χ3v) is 6.86. The van der Waals surface area contributed by atoms with Gasteiger partial charge in [-0.1, -0.05) is 18.2 Å². The highest BCUT2D eigenvalue weighted by molar-refractivity contribution is 7.89. The van der Waals surface area contributed by atoms with E-state index in [0.29, 0.717) is 18.0 Å². The molecule has 1 aliphatic rings. The van der Waals surface area contributed by atoms with Crippen molar-refractivity contribution >= 4 is 21.7 Å². The van der Waals surface area contributed by atoms with E-state index in [2.05, 4.69) is 4.90 Å². The van der Waals surface area contributed by atoms with Crippen molar-refractivity contribution in [3.63, 3.8) is 0 Å². The number of benzene rings is 2. The molecule has 0 N–H and O–H groups in total. The molecule has 0 radical (unpaired) electrons.